The normalized spacial score (nSPS) is 13.8. The zero-order valence-corrected chi connectivity index (χ0v) is 15.4. The van der Waals surface area contributed by atoms with Gasteiger partial charge in [0.15, 0.2) is 5.82 Å². The lowest BCUT2D eigenvalue weighted by Crippen LogP contribution is -2.07. The summed E-state index contributed by atoms with van der Waals surface area (Å²) in [5, 5.41) is 6.28. The van der Waals surface area contributed by atoms with Crippen LogP contribution in [0.15, 0.2) is 42.6 Å². The largest absolute Gasteiger partial charge is 0.494 e. The molecule has 0 aliphatic carbocycles. The second kappa shape index (κ2) is 7.80. The molecular formula is C21H20F2N4O. The maximum Gasteiger partial charge on any atom is 0.227 e. The fraction of sp³-hybridized carbons (Fsp3) is 0.238. The van der Waals surface area contributed by atoms with Crippen LogP contribution >= 0.6 is 0 Å². The van der Waals surface area contributed by atoms with Crippen LogP contribution in [0.2, 0.25) is 0 Å². The minimum Gasteiger partial charge on any atom is -0.494 e. The summed E-state index contributed by atoms with van der Waals surface area (Å²) >= 11 is 0. The molecule has 28 heavy (non-hydrogen) atoms. The zero-order chi connectivity index (χ0) is 19.5. The summed E-state index contributed by atoms with van der Waals surface area (Å²) in [5.74, 6) is 0.0284. The maximum atomic E-state index is 14.5. The van der Waals surface area contributed by atoms with Crippen LogP contribution in [0.4, 0.5) is 26.1 Å². The maximum absolute atomic E-state index is 14.5. The fourth-order valence-corrected chi connectivity index (χ4v) is 3.16. The van der Waals surface area contributed by atoms with Gasteiger partial charge in [-0.3, -0.25) is 0 Å². The number of ether oxygens (including phenoxy) is 1. The molecule has 1 aromatic heterocycles. The topological polar surface area (TPSA) is 59.1 Å². The first-order valence-electron chi connectivity index (χ1n) is 9.16. The molecule has 144 valence electrons. The van der Waals surface area contributed by atoms with Gasteiger partial charge in [-0.2, -0.15) is 0 Å². The molecule has 0 saturated heterocycles. The molecule has 0 atom stereocenters. The summed E-state index contributed by atoms with van der Waals surface area (Å²) in [7, 11) is 0. The number of aryl methyl sites for hydroxylation is 1. The molecule has 1 aliphatic rings. The standard InChI is InChI=1S/C21H20F2N4O/c1-13-8-15-11-16(9-13)28-7-3-2-6-24-19-10-14(22)4-5-17(19)20-18(23)12-25-21(26-15)27-20/h4-5,8-12,24H,2-3,6-7H2,1H3,(H,25,26,27). The van der Waals surface area contributed by atoms with Crippen LogP contribution in [0, 0.1) is 18.6 Å². The van der Waals surface area contributed by atoms with Crippen molar-refractivity contribution in [1.82, 2.24) is 9.97 Å². The van der Waals surface area contributed by atoms with Gasteiger partial charge in [-0.25, -0.2) is 18.7 Å². The Labute approximate surface area is 161 Å². The smallest absolute Gasteiger partial charge is 0.227 e. The van der Waals surface area contributed by atoms with Crippen molar-refractivity contribution in [1.29, 1.82) is 0 Å². The molecule has 5 nitrogen and oxygen atoms in total. The number of rotatable bonds is 0. The molecule has 3 aromatic rings. The molecule has 0 saturated carbocycles. The third-order valence-electron chi connectivity index (χ3n) is 4.44. The van der Waals surface area contributed by atoms with Crippen LogP contribution in [0.25, 0.3) is 11.3 Å². The second-order valence-electron chi connectivity index (χ2n) is 6.72. The zero-order valence-electron chi connectivity index (χ0n) is 15.4. The summed E-state index contributed by atoms with van der Waals surface area (Å²) in [6, 6.07) is 9.92. The van der Waals surface area contributed by atoms with Crippen LogP contribution < -0.4 is 15.4 Å². The van der Waals surface area contributed by atoms with Gasteiger partial charge >= 0.3 is 0 Å². The van der Waals surface area contributed by atoms with E-state index in [4.69, 9.17) is 4.74 Å². The van der Waals surface area contributed by atoms with Crippen molar-refractivity contribution in [3.05, 3.63) is 59.8 Å². The van der Waals surface area contributed by atoms with Crippen molar-refractivity contribution in [2.45, 2.75) is 19.8 Å². The summed E-state index contributed by atoms with van der Waals surface area (Å²) in [4.78, 5) is 8.37. The van der Waals surface area contributed by atoms with E-state index in [-0.39, 0.29) is 11.6 Å². The molecule has 0 fully saturated rings. The average Bonchev–Trinajstić information content (AvgIpc) is 2.66. The predicted molar refractivity (Wildman–Crippen MR) is 105 cm³/mol. The van der Waals surface area contributed by atoms with E-state index in [1.54, 1.807) is 0 Å². The van der Waals surface area contributed by atoms with Crippen molar-refractivity contribution < 1.29 is 13.5 Å². The van der Waals surface area contributed by atoms with Gasteiger partial charge in [0.05, 0.1) is 12.8 Å². The molecular weight excluding hydrogens is 362 g/mol. The number of anilines is 3. The lowest BCUT2D eigenvalue weighted by Gasteiger charge is -2.13. The Bertz CT molecular complexity index is 1010. The number of benzene rings is 2. The van der Waals surface area contributed by atoms with E-state index in [1.807, 2.05) is 25.1 Å². The van der Waals surface area contributed by atoms with Gasteiger partial charge in [0.25, 0.3) is 0 Å². The number of nitrogens with one attached hydrogen (secondary N) is 2. The van der Waals surface area contributed by atoms with Crippen LogP contribution in [-0.2, 0) is 0 Å². The molecule has 0 spiro atoms. The van der Waals surface area contributed by atoms with Crippen molar-refractivity contribution in [3.8, 4) is 17.0 Å². The SMILES string of the molecule is Cc1cc2cc(c1)OCCCCNc1cc(F)ccc1-c1nc(ncc1F)N2. The molecule has 4 bridgehead atoms. The van der Waals surface area contributed by atoms with E-state index < -0.39 is 11.6 Å². The highest BCUT2D eigenvalue weighted by Crippen LogP contribution is 2.31. The van der Waals surface area contributed by atoms with E-state index in [0.717, 1.165) is 36.0 Å². The summed E-state index contributed by atoms with van der Waals surface area (Å²) < 4.78 is 34.1. The van der Waals surface area contributed by atoms with E-state index in [1.165, 1.54) is 18.2 Å². The fourth-order valence-electron chi connectivity index (χ4n) is 3.16. The van der Waals surface area contributed by atoms with Crippen LogP contribution in [0.3, 0.4) is 0 Å². The number of aromatic nitrogens is 2. The second-order valence-corrected chi connectivity index (χ2v) is 6.72. The lowest BCUT2D eigenvalue weighted by molar-refractivity contribution is 0.308. The van der Waals surface area contributed by atoms with Gasteiger partial charge in [-0.1, -0.05) is 0 Å². The Hall–Kier alpha value is -3.22. The Balaban J connectivity index is 1.80. The van der Waals surface area contributed by atoms with Crippen LogP contribution in [0.1, 0.15) is 18.4 Å². The Morgan fingerprint density at radius 1 is 1.07 bits per heavy atom. The van der Waals surface area contributed by atoms with E-state index >= 15 is 0 Å². The molecule has 7 heteroatoms. The molecule has 1 aliphatic heterocycles. The predicted octanol–water partition coefficient (Wildman–Crippen LogP) is 5.06. The van der Waals surface area contributed by atoms with Crippen LogP contribution in [0.5, 0.6) is 5.75 Å². The molecule has 4 rings (SSSR count). The molecule has 2 aromatic carbocycles. The Morgan fingerprint density at radius 3 is 2.86 bits per heavy atom. The highest BCUT2D eigenvalue weighted by Gasteiger charge is 2.15. The first kappa shape index (κ1) is 18.2. The third kappa shape index (κ3) is 4.03. The van der Waals surface area contributed by atoms with Gasteiger partial charge < -0.3 is 15.4 Å². The molecule has 0 amide bonds. The number of hydrogen-bond donors (Lipinski definition) is 2. The van der Waals surface area contributed by atoms with Gasteiger partial charge in [-0.05, 0) is 55.7 Å². The van der Waals surface area contributed by atoms with Gasteiger partial charge in [-0.15, -0.1) is 0 Å². The Morgan fingerprint density at radius 2 is 1.96 bits per heavy atom. The minimum absolute atomic E-state index is 0.110. The van der Waals surface area contributed by atoms with E-state index in [0.29, 0.717) is 24.4 Å². The highest BCUT2D eigenvalue weighted by atomic mass is 19.1. The van der Waals surface area contributed by atoms with Gasteiger partial charge in [0, 0.05) is 29.5 Å². The number of nitrogens with zero attached hydrogens (tertiary/aromatic N) is 2. The third-order valence-corrected chi connectivity index (χ3v) is 4.44. The number of fused-ring (bicyclic) bond motifs is 6. The molecule has 2 heterocycles. The minimum atomic E-state index is -0.571. The first-order chi connectivity index (χ1) is 13.6. The summed E-state index contributed by atoms with van der Waals surface area (Å²) in [6.07, 6.45) is 2.77. The monoisotopic (exact) mass is 382 g/mol. The quantitative estimate of drug-likeness (QED) is 0.569. The average molecular weight is 382 g/mol. The van der Waals surface area contributed by atoms with Gasteiger partial charge in [0.1, 0.15) is 17.3 Å². The van der Waals surface area contributed by atoms with E-state index in [9.17, 15) is 8.78 Å². The van der Waals surface area contributed by atoms with Crippen molar-refractivity contribution in [3.63, 3.8) is 0 Å². The van der Waals surface area contributed by atoms with Crippen LogP contribution in [-0.4, -0.2) is 23.1 Å². The van der Waals surface area contributed by atoms with Gasteiger partial charge in [0.2, 0.25) is 5.95 Å². The van der Waals surface area contributed by atoms with Crippen molar-refractivity contribution in [2.24, 2.45) is 0 Å². The summed E-state index contributed by atoms with van der Waals surface area (Å²) in [5.41, 5.74) is 2.86. The highest BCUT2D eigenvalue weighted by molar-refractivity contribution is 5.76. The number of halogens is 2. The Kier molecular flexibility index (Phi) is 5.06. The van der Waals surface area contributed by atoms with Crippen molar-refractivity contribution >= 4 is 17.3 Å². The summed E-state index contributed by atoms with van der Waals surface area (Å²) in [6.45, 7) is 3.15. The lowest BCUT2D eigenvalue weighted by atomic mass is 10.1. The molecule has 2 N–H and O–H groups in total. The van der Waals surface area contributed by atoms with E-state index in [2.05, 4.69) is 20.6 Å². The molecule has 0 unspecified atom stereocenters. The van der Waals surface area contributed by atoms with Crippen molar-refractivity contribution in [2.75, 3.05) is 23.8 Å². The number of hydrogen-bond acceptors (Lipinski definition) is 5. The first-order valence-corrected chi connectivity index (χ1v) is 9.16. The molecule has 0 radical (unpaired) electrons.